The zero-order valence-corrected chi connectivity index (χ0v) is 15.7. The Morgan fingerprint density at radius 1 is 1.16 bits per heavy atom. The third kappa shape index (κ3) is 7.34. The number of rotatable bonds is 4. The van der Waals surface area contributed by atoms with Gasteiger partial charge in [0.1, 0.15) is 0 Å². The van der Waals surface area contributed by atoms with E-state index in [2.05, 4.69) is 21.2 Å². The summed E-state index contributed by atoms with van der Waals surface area (Å²) in [5.74, 6) is -1.98. The SMILES string of the molecule is C/C(CC(=O)Nc1cccc(Cl)c1C)=N\NC(=O)C(=O)NC(C)(C)C. The minimum atomic E-state index is -0.889. The van der Waals surface area contributed by atoms with Crippen molar-refractivity contribution in [1.82, 2.24) is 10.7 Å². The van der Waals surface area contributed by atoms with Crippen LogP contribution in [-0.2, 0) is 14.4 Å². The summed E-state index contributed by atoms with van der Waals surface area (Å²) in [6, 6.07) is 5.21. The molecule has 8 heteroatoms. The molecule has 0 fully saturated rings. The number of carbonyl (C=O) groups excluding carboxylic acids is 3. The van der Waals surface area contributed by atoms with Crippen LogP contribution in [0, 0.1) is 6.92 Å². The van der Waals surface area contributed by atoms with E-state index in [0.717, 1.165) is 5.56 Å². The van der Waals surface area contributed by atoms with Crippen LogP contribution in [-0.4, -0.2) is 29.0 Å². The van der Waals surface area contributed by atoms with Gasteiger partial charge in [-0.2, -0.15) is 5.10 Å². The van der Waals surface area contributed by atoms with Crippen LogP contribution in [0.3, 0.4) is 0 Å². The van der Waals surface area contributed by atoms with Crippen LogP contribution >= 0.6 is 11.6 Å². The zero-order valence-electron chi connectivity index (χ0n) is 15.0. The van der Waals surface area contributed by atoms with E-state index in [-0.39, 0.29) is 12.3 Å². The molecule has 0 bridgehead atoms. The number of hydrogen-bond donors (Lipinski definition) is 3. The molecule has 25 heavy (non-hydrogen) atoms. The second-order valence-electron chi connectivity index (χ2n) is 6.63. The monoisotopic (exact) mass is 366 g/mol. The van der Waals surface area contributed by atoms with E-state index < -0.39 is 17.4 Å². The summed E-state index contributed by atoms with van der Waals surface area (Å²) in [5, 5.41) is 9.56. The van der Waals surface area contributed by atoms with Gasteiger partial charge in [0.25, 0.3) is 0 Å². The third-order valence-corrected chi connectivity index (χ3v) is 3.41. The van der Waals surface area contributed by atoms with Gasteiger partial charge in [0, 0.05) is 22.0 Å². The molecule has 3 amide bonds. The van der Waals surface area contributed by atoms with Crippen molar-refractivity contribution in [2.75, 3.05) is 5.32 Å². The van der Waals surface area contributed by atoms with Gasteiger partial charge in [-0.15, -0.1) is 0 Å². The van der Waals surface area contributed by atoms with Gasteiger partial charge in [-0.1, -0.05) is 17.7 Å². The van der Waals surface area contributed by atoms with E-state index in [4.69, 9.17) is 11.6 Å². The molecule has 0 aliphatic rings. The number of amides is 3. The highest BCUT2D eigenvalue weighted by molar-refractivity contribution is 6.35. The van der Waals surface area contributed by atoms with Gasteiger partial charge >= 0.3 is 11.8 Å². The number of anilines is 1. The van der Waals surface area contributed by atoms with Crippen LogP contribution in [0.15, 0.2) is 23.3 Å². The van der Waals surface area contributed by atoms with Crippen molar-refractivity contribution in [1.29, 1.82) is 0 Å². The standard InChI is InChI=1S/C17H23ClN4O3/c1-10(21-22-16(25)15(24)20-17(3,4)5)9-14(23)19-13-8-6-7-12(18)11(13)2/h6-8H,9H2,1-5H3,(H,19,23)(H,20,24)(H,22,25)/b21-10+. The zero-order chi connectivity index (χ0) is 19.2. The van der Waals surface area contributed by atoms with Crippen molar-refractivity contribution in [3.63, 3.8) is 0 Å². The molecule has 0 aliphatic heterocycles. The highest BCUT2D eigenvalue weighted by atomic mass is 35.5. The molecule has 3 N–H and O–H groups in total. The lowest BCUT2D eigenvalue weighted by Gasteiger charge is -2.19. The Balaban J connectivity index is 2.57. The maximum Gasteiger partial charge on any atom is 0.329 e. The average Bonchev–Trinajstić information content (AvgIpc) is 2.47. The Kier molecular flexibility index (Phi) is 7.11. The van der Waals surface area contributed by atoms with Crippen LogP contribution < -0.4 is 16.1 Å². The summed E-state index contributed by atoms with van der Waals surface area (Å²) < 4.78 is 0. The van der Waals surface area contributed by atoms with Gasteiger partial charge in [0.15, 0.2) is 0 Å². The van der Waals surface area contributed by atoms with Crippen LogP contribution in [0.1, 0.15) is 39.7 Å². The molecule has 0 radical (unpaired) electrons. The third-order valence-electron chi connectivity index (χ3n) is 3.00. The van der Waals surface area contributed by atoms with Gasteiger partial charge in [0.2, 0.25) is 5.91 Å². The summed E-state index contributed by atoms with van der Waals surface area (Å²) in [5.41, 5.74) is 3.33. The number of hydrazone groups is 1. The Morgan fingerprint density at radius 2 is 1.80 bits per heavy atom. The largest absolute Gasteiger partial charge is 0.343 e. The number of nitrogens with zero attached hydrogens (tertiary/aromatic N) is 1. The van der Waals surface area contributed by atoms with Crippen LogP contribution in [0.5, 0.6) is 0 Å². The fraction of sp³-hybridized carbons (Fsp3) is 0.412. The van der Waals surface area contributed by atoms with Crippen LogP contribution in [0.25, 0.3) is 0 Å². The lowest BCUT2D eigenvalue weighted by atomic mass is 10.1. The molecule has 1 aromatic rings. The summed E-state index contributed by atoms with van der Waals surface area (Å²) in [4.78, 5) is 35.3. The molecule has 136 valence electrons. The average molecular weight is 367 g/mol. The molecule has 0 spiro atoms. The van der Waals surface area contributed by atoms with E-state index in [1.54, 1.807) is 52.8 Å². The number of nitrogens with one attached hydrogen (secondary N) is 3. The molecule has 0 aromatic heterocycles. The second-order valence-corrected chi connectivity index (χ2v) is 7.04. The summed E-state index contributed by atoms with van der Waals surface area (Å²) in [6.45, 7) is 8.65. The van der Waals surface area contributed by atoms with Gasteiger partial charge in [-0.05, 0) is 52.3 Å². The van der Waals surface area contributed by atoms with Gasteiger partial charge in [-0.3, -0.25) is 14.4 Å². The van der Waals surface area contributed by atoms with Crippen LogP contribution in [0.2, 0.25) is 5.02 Å². The molecule has 1 rings (SSSR count). The van der Waals surface area contributed by atoms with E-state index >= 15 is 0 Å². The molecular weight excluding hydrogens is 344 g/mol. The van der Waals surface area contributed by atoms with Gasteiger partial charge in [-0.25, -0.2) is 5.43 Å². The number of hydrogen-bond acceptors (Lipinski definition) is 4. The highest BCUT2D eigenvalue weighted by Crippen LogP contribution is 2.22. The molecule has 0 heterocycles. The van der Waals surface area contributed by atoms with Crippen molar-refractivity contribution < 1.29 is 14.4 Å². The lowest BCUT2D eigenvalue weighted by molar-refractivity contribution is -0.140. The molecule has 0 saturated carbocycles. The lowest BCUT2D eigenvalue weighted by Crippen LogP contribution is -2.47. The molecule has 0 aliphatic carbocycles. The molecule has 0 unspecified atom stereocenters. The fourth-order valence-electron chi connectivity index (χ4n) is 1.80. The molecule has 0 atom stereocenters. The minimum absolute atomic E-state index is 0.0346. The van der Waals surface area contributed by atoms with Gasteiger partial charge < -0.3 is 10.6 Å². The maximum absolute atomic E-state index is 12.0. The smallest absolute Gasteiger partial charge is 0.329 e. The predicted molar refractivity (Wildman–Crippen MR) is 98.6 cm³/mol. The van der Waals surface area contributed by atoms with E-state index in [9.17, 15) is 14.4 Å². The number of carbonyl (C=O) groups is 3. The molecule has 7 nitrogen and oxygen atoms in total. The number of benzene rings is 1. The summed E-state index contributed by atoms with van der Waals surface area (Å²) in [7, 11) is 0. The van der Waals surface area contributed by atoms with E-state index in [1.807, 2.05) is 0 Å². The van der Waals surface area contributed by atoms with Crippen molar-refractivity contribution in [3.8, 4) is 0 Å². The Labute approximate surface area is 152 Å². The summed E-state index contributed by atoms with van der Waals surface area (Å²) in [6.07, 6.45) is -0.0346. The van der Waals surface area contributed by atoms with E-state index in [1.165, 1.54) is 0 Å². The first-order chi connectivity index (χ1) is 11.5. The highest BCUT2D eigenvalue weighted by Gasteiger charge is 2.19. The molecular formula is C17H23ClN4O3. The first-order valence-electron chi connectivity index (χ1n) is 7.70. The van der Waals surface area contributed by atoms with E-state index in [0.29, 0.717) is 16.4 Å². The first-order valence-corrected chi connectivity index (χ1v) is 8.08. The van der Waals surface area contributed by atoms with Crippen molar-refractivity contribution in [3.05, 3.63) is 28.8 Å². The van der Waals surface area contributed by atoms with Crippen LogP contribution in [0.4, 0.5) is 5.69 Å². The quantitative estimate of drug-likeness (QED) is 0.433. The molecule has 1 aromatic carbocycles. The Bertz CT molecular complexity index is 708. The Hall–Kier alpha value is -2.41. The van der Waals surface area contributed by atoms with Crippen molar-refractivity contribution >= 4 is 40.7 Å². The molecule has 0 saturated heterocycles. The second kappa shape index (κ2) is 8.62. The number of halogens is 1. The normalized spacial score (nSPS) is 11.7. The topological polar surface area (TPSA) is 99.7 Å². The van der Waals surface area contributed by atoms with Crippen molar-refractivity contribution in [2.24, 2.45) is 5.10 Å². The predicted octanol–water partition coefficient (Wildman–Crippen LogP) is 2.38. The first kappa shape index (κ1) is 20.6. The maximum atomic E-state index is 12.0. The Morgan fingerprint density at radius 3 is 2.40 bits per heavy atom. The summed E-state index contributed by atoms with van der Waals surface area (Å²) >= 11 is 6.00. The minimum Gasteiger partial charge on any atom is -0.343 e. The van der Waals surface area contributed by atoms with Crippen molar-refractivity contribution in [2.45, 2.75) is 46.6 Å². The van der Waals surface area contributed by atoms with Gasteiger partial charge in [0.05, 0.1) is 6.42 Å². The fourth-order valence-corrected chi connectivity index (χ4v) is 1.98.